The Balaban J connectivity index is 2.01. The van der Waals surface area contributed by atoms with Crippen molar-refractivity contribution < 1.29 is 10.0 Å². The minimum absolute atomic E-state index is 0.0143. The molecule has 0 heterocycles. The van der Waals surface area contributed by atoms with Crippen LogP contribution in [0.25, 0.3) is 0 Å². The van der Waals surface area contributed by atoms with Crippen molar-refractivity contribution in [2.75, 3.05) is 0 Å². The molecule has 1 aromatic carbocycles. The Kier molecular flexibility index (Phi) is 3.74. The Bertz CT molecular complexity index is 507. The van der Waals surface area contributed by atoms with Crippen molar-refractivity contribution in [3.63, 3.8) is 0 Å². The predicted molar refractivity (Wildman–Crippen MR) is 72.7 cm³/mol. The molecule has 0 aliphatic heterocycles. The fourth-order valence-electron chi connectivity index (χ4n) is 2.40. The fraction of sp³-hybridized carbons (Fsp3) is 0.429. The topological polar surface area (TPSA) is 87.7 Å². The van der Waals surface area contributed by atoms with Crippen molar-refractivity contribution in [2.24, 2.45) is 16.3 Å². The highest BCUT2D eigenvalue weighted by Crippen LogP contribution is 2.41. The summed E-state index contributed by atoms with van der Waals surface area (Å²) in [5, 5.41) is 14.7. The number of nitrogens with one attached hydrogen (secondary N) is 1. The largest absolute Gasteiger partial charge is 0.409 e. The van der Waals surface area contributed by atoms with Gasteiger partial charge in [-0.2, -0.15) is 0 Å². The van der Waals surface area contributed by atoms with Crippen LogP contribution in [0.3, 0.4) is 0 Å². The van der Waals surface area contributed by atoms with Crippen molar-refractivity contribution in [1.82, 2.24) is 5.32 Å². The number of carbonyl (C=O) groups excluding carboxylic acids is 1. The fourth-order valence-corrected chi connectivity index (χ4v) is 2.40. The van der Waals surface area contributed by atoms with Gasteiger partial charge < -0.3 is 16.3 Å². The molecular weight excluding hydrogens is 242 g/mol. The molecule has 2 rings (SSSR count). The first-order chi connectivity index (χ1) is 9.08. The van der Waals surface area contributed by atoms with E-state index < -0.39 is 5.41 Å². The maximum absolute atomic E-state index is 12.2. The maximum atomic E-state index is 12.2. The van der Waals surface area contributed by atoms with Crippen molar-refractivity contribution in [3.05, 3.63) is 35.4 Å². The Morgan fingerprint density at radius 3 is 2.79 bits per heavy atom. The number of carbonyl (C=O) groups is 1. The molecule has 1 aliphatic carbocycles. The Morgan fingerprint density at radius 2 is 2.26 bits per heavy atom. The number of amides is 1. The molecule has 1 amide bonds. The molecule has 1 saturated carbocycles. The Hall–Kier alpha value is -2.04. The molecule has 1 aliphatic rings. The molecule has 5 nitrogen and oxygen atoms in total. The van der Waals surface area contributed by atoms with Crippen LogP contribution in [0.5, 0.6) is 0 Å². The number of nitrogens with zero attached hydrogens (tertiary/aromatic N) is 1. The zero-order chi connectivity index (χ0) is 13.9. The molecule has 0 atom stereocenters. The van der Waals surface area contributed by atoms with Gasteiger partial charge >= 0.3 is 0 Å². The molecule has 0 radical (unpaired) electrons. The molecule has 1 aromatic rings. The SMILES string of the molecule is Cc1cccc(CNC(=O)C2(/C(N)=N/O)CCC2)c1. The number of nitrogens with two attached hydrogens (primary N) is 1. The van der Waals surface area contributed by atoms with Crippen molar-refractivity contribution in [1.29, 1.82) is 0 Å². The number of benzene rings is 1. The van der Waals surface area contributed by atoms with Crippen LogP contribution >= 0.6 is 0 Å². The summed E-state index contributed by atoms with van der Waals surface area (Å²) in [7, 11) is 0. The average Bonchev–Trinajstić information content (AvgIpc) is 2.35. The maximum Gasteiger partial charge on any atom is 0.234 e. The van der Waals surface area contributed by atoms with E-state index >= 15 is 0 Å². The summed E-state index contributed by atoms with van der Waals surface area (Å²) in [4.78, 5) is 12.2. The summed E-state index contributed by atoms with van der Waals surface area (Å²) in [6, 6.07) is 7.95. The first-order valence-electron chi connectivity index (χ1n) is 6.40. The first kappa shape index (κ1) is 13.4. The lowest BCUT2D eigenvalue weighted by Gasteiger charge is -2.38. The third-order valence-corrected chi connectivity index (χ3v) is 3.78. The standard InChI is InChI=1S/C14H19N3O2/c1-10-4-2-5-11(8-10)9-16-13(18)14(6-3-7-14)12(15)17-19/h2,4-5,8,19H,3,6-7,9H2,1H3,(H2,15,17)(H,16,18). The Morgan fingerprint density at radius 1 is 1.53 bits per heavy atom. The van der Waals surface area contributed by atoms with Crippen LogP contribution in [0, 0.1) is 12.3 Å². The van der Waals surface area contributed by atoms with Gasteiger partial charge in [0.2, 0.25) is 5.91 Å². The lowest BCUT2D eigenvalue weighted by molar-refractivity contribution is -0.131. The van der Waals surface area contributed by atoms with Gasteiger partial charge in [0, 0.05) is 6.54 Å². The number of hydrogen-bond donors (Lipinski definition) is 3. The van der Waals surface area contributed by atoms with Crippen molar-refractivity contribution >= 4 is 11.7 Å². The van der Waals surface area contributed by atoms with Gasteiger partial charge in [0.25, 0.3) is 0 Å². The van der Waals surface area contributed by atoms with Gasteiger partial charge in [-0.1, -0.05) is 41.4 Å². The quantitative estimate of drug-likeness (QED) is 0.332. The second kappa shape index (κ2) is 5.30. The van der Waals surface area contributed by atoms with E-state index in [1.165, 1.54) is 0 Å². The summed E-state index contributed by atoms with van der Waals surface area (Å²) in [6.45, 7) is 2.47. The van der Waals surface area contributed by atoms with E-state index in [0.29, 0.717) is 19.4 Å². The summed E-state index contributed by atoms with van der Waals surface area (Å²) in [5.74, 6) is -0.143. The molecule has 1 fully saturated rings. The predicted octanol–water partition coefficient (Wildman–Crippen LogP) is 1.53. The van der Waals surface area contributed by atoms with E-state index in [2.05, 4.69) is 10.5 Å². The van der Waals surface area contributed by atoms with Crippen LogP contribution in [0.4, 0.5) is 0 Å². The molecule has 4 N–H and O–H groups in total. The summed E-state index contributed by atoms with van der Waals surface area (Å²) < 4.78 is 0. The van der Waals surface area contributed by atoms with E-state index in [1.54, 1.807) is 0 Å². The van der Waals surface area contributed by atoms with Gasteiger partial charge in [-0.15, -0.1) is 0 Å². The molecule has 0 bridgehead atoms. The highest BCUT2D eigenvalue weighted by molar-refractivity contribution is 6.07. The summed E-state index contributed by atoms with van der Waals surface area (Å²) in [5.41, 5.74) is 7.04. The van der Waals surface area contributed by atoms with Crippen LogP contribution < -0.4 is 11.1 Å². The normalized spacial score (nSPS) is 17.6. The van der Waals surface area contributed by atoms with Gasteiger partial charge in [-0.3, -0.25) is 4.79 Å². The zero-order valence-corrected chi connectivity index (χ0v) is 11.0. The van der Waals surface area contributed by atoms with Gasteiger partial charge in [0.05, 0.1) is 0 Å². The van der Waals surface area contributed by atoms with E-state index in [9.17, 15) is 4.79 Å². The third-order valence-electron chi connectivity index (χ3n) is 3.78. The average molecular weight is 261 g/mol. The van der Waals surface area contributed by atoms with Crippen LogP contribution in [0.2, 0.25) is 0 Å². The first-order valence-corrected chi connectivity index (χ1v) is 6.40. The van der Waals surface area contributed by atoms with Crippen LogP contribution in [0.1, 0.15) is 30.4 Å². The van der Waals surface area contributed by atoms with Crippen molar-refractivity contribution in [3.8, 4) is 0 Å². The van der Waals surface area contributed by atoms with Crippen molar-refractivity contribution in [2.45, 2.75) is 32.7 Å². The second-order valence-electron chi connectivity index (χ2n) is 5.09. The molecule has 0 spiro atoms. The molecular formula is C14H19N3O2. The van der Waals surface area contributed by atoms with Crippen LogP contribution in [-0.2, 0) is 11.3 Å². The van der Waals surface area contributed by atoms with Gasteiger partial charge in [-0.25, -0.2) is 0 Å². The molecule has 0 aromatic heterocycles. The number of oxime groups is 1. The van der Waals surface area contributed by atoms with E-state index in [-0.39, 0.29) is 11.7 Å². The highest BCUT2D eigenvalue weighted by Gasteiger charge is 2.48. The zero-order valence-electron chi connectivity index (χ0n) is 11.0. The van der Waals surface area contributed by atoms with Gasteiger partial charge in [0.1, 0.15) is 5.41 Å². The second-order valence-corrected chi connectivity index (χ2v) is 5.09. The van der Waals surface area contributed by atoms with E-state index in [1.807, 2.05) is 31.2 Å². The lowest BCUT2D eigenvalue weighted by Crippen LogP contribution is -2.53. The highest BCUT2D eigenvalue weighted by atomic mass is 16.4. The smallest absolute Gasteiger partial charge is 0.234 e. The minimum Gasteiger partial charge on any atom is -0.409 e. The number of rotatable bonds is 4. The summed E-state index contributed by atoms with van der Waals surface area (Å²) in [6.07, 6.45) is 2.21. The molecule has 19 heavy (non-hydrogen) atoms. The monoisotopic (exact) mass is 261 g/mol. The van der Waals surface area contributed by atoms with E-state index in [4.69, 9.17) is 10.9 Å². The molecule has 102 valence electrons. The van der Waals surface area contributed by atoms with E-state index in [0.717, 1.165) is 17.5 Å². The molecule has 0 unspecified atom stereocenters. The minimum atomic E-state index is -0.807. The summed E-state index contributed by atoms with van der Waals surface area (Å²) >= 11 is 0. The third kappa shape index (κ3) is 2.54. The lowest BCUT2D eigenvalue weighted by atomic mass is 9.67. The number of aryl methyl sites for hydroxylation is 1. The van der Waals surface area contributed by atoms with Crippen LogP contribution in [0.15, 0.2) is 29.4 Å². The Labute approximate surface area is 112 Å². The molecule has 0 saturated heterocycles. The van der Waals surface area contributed by atoms with Gasteiger partial charge in [-0.05, 0) is 25.3 Å². The van der Waals surface area contributed by atoms with Crippen LogP contribution in [-0.4, -0.2) is 17.0 Å². The number of amidine groups is 1. The number of hydrogen-bond acceptors (Lipinski definition) is 3. The van der Waals surface area contributed by atoms with Gasteiger partial charge in [0.15, 0.2) is 5.84 Å². The molecule has 5 heteroatoms.